The Bertz CT molecular complexity index is 917. The van der Waals surface area contributed by atoms with E-state index in [4.69, 9.17) is 0 Å². The quantitative estimate of drug-likeness (QED) is 0.554. The van der Waals surface area contributed by atoms with E-state index in [1.54, 1.807) is 37.2 Å². The first kappa shape index (κ1) is 16.9. The van der Waals surface area contributed by atoms with Crippen LogP contribution in [0, 0.1) is 20.8 Å². The van der Waals surface area contributed by atoms with Crippen molar-refractivity contribution in [3.63, 3.8) is 0 Å². The summed E-state index contributed by atoms with van der Waals surface area (Å²) < 4.78 is 0. The first-order valence-corrected chi connectivity index (χ1v) is 8.60. The molecule has 0 saturated carbocycles. The van der Waals surface area contributed by atoms with Crippen LogP contribution in [0.25, 0.3) is 33.8 Å². The van der Waals surface area contributed by atoms with Gasteiger partial charge >= 0.3 is 0 Å². The normalized spacial score (nSPS) is 10.8. The van der Waals surface area contributed by atoms with Crippen molar-refractivity contribution in [2.75, 3.05) is 0 Å². The Morgan fingerprint density at radius 3 is 0.926 bits per heavy atom. The lowest BCUT2D eigenvalue weighted by Crippen LogP contribution is -1.94. The lowest BCUT2D eigenvalue weighted by molar-refractivity contribution is 1.11. The lowest BCUT2D eigenvalue weighted by atomic mass is 10.00. The van der Waals surface area contributed by atoms with Crippen LogP contribution in [0.2, 0.25) is 0 Å². The van der Waals surface area contributed by atoms with Crippen LogP contribution >= 0.6 is 0 Å². The van der Waals surface area contributed by atoms with Gasteiger partial charge in [0.25, 0.3) is 0 Å². The summed E-state index contributed by atoms with van der Waals surface area (Å²) in [5.74, 6) is 0. The summed E-state index contributed by atoms with van der Waals surface area (Å²) in [4.78, 5) is 26.6. The van der Waals surface area contributed by atoms with E-state index >= 15 is 0 Å². The molecule has 0 unspecified atom stereocenters. The molecule has 0 bridgehead atoms. The first-order chi connectivity index (χ1) is 13.1. The van der Waals surface area contributed by atoms with Crippen molar-refractivity contribution < 1.29 is 0 Å². The molecule has 6 nitrogen and oxygen atoms in total. The van der Waals surface area contributed by atoms with Crippen molar-refractivity contribution >= 4 is 0 Å². The molecule has 0 N–H and O–H groups in total. The fraction of sp³-hybridized carbons (Fsp3) is 0.143. The highest BCUT2D eigenvalue weighted by molar-refractivity contribution is 5.77. The van der Waals surface area contributed by atoms with E-state index in [0.29, 0.717) is 0 Å². The third kappa shape index (κ3) is 3.69. The van der Waals surface area contributed by atoms with Gasteiger partial charge in [0.15, 0.2) is 0 Å². The van der Waals surface area contributed by atoms with E-state index in [0.717, 1.165) is 50.9 Å². The molecule has 4 rings (SSSR count). The Morgan fingerprint density at radius 2 is 0.704 bits per heavy atom. The van der Waals surface area contributed by atoms with E-state index in [-0.39, 0.29) is 0 Å². The molecule has 27 heavy (non-hydrogen) atoms. The number of benzene rings is 1. The smallest absolute Gasteiger partial charge is 0.0885 e. The Kier molecular flexibility index (Phi) is 4.38. The summed E-state index contributed by atoms with van der Waals surface area (Å²) in [6.07, 6.45) is 10.6. The van der Waals surface area contributed by atoms with E-state index in [1.807, 2.05) is 39.0 Å². The lowest BCUT2D eigenvalue weighted by Gasteiger charge is -2.09. The number of aryl methyl sites for hydroxylation is 3. The summed E-state index contributed by atoms with van der Waals surface area (Å²) in [6, 6.07) is 6.14. The van der Waals surface area contributed by atoms with Crippen molar-refractivity contribution in [3.05, 3.63) is 72.5 Å². The molecule has 0 aliphatic carbocycles. The van der Waals surface area contributed by atoms with Gasteiger partial charge in [-0.05, 0) is 39.0 Å². The predicted molar refractivity (Wildman–Crippen MR) is 104 cm³/mol. The van der Waals surface area contributed by atoms with Crippen LogP contribution in [0.1, 0.15) is 17.1 Å². The maximum atomic E-state index is 4.51. The standard InChI is InChI=1S/C21H18N6/c1-13-7-25-19(10-22-13)16-4-17(20-11-23-14(2)8-26-20)6-18(5-16)21-12-24-15(3)9-27-21/h4-12H,1-3H3. The van der Waals surface area contributed by atoms with Crippen molar-refractivity contribution in [2.24, 2.45) is 0 Å². The molecule has 3 aromatic heterocycles. The van der Waals surface area contributed by atoms with E-state index in [9.17, 15) is 0 Å². The molecule has 0 aliphatic heterocycles. The second-order valence-corrected chi connectivity index (χ2v) is 6.43. The molecule has 3 heterocycles. The summed E-state index contributed by atoms with van der Waals surface area (Å²) >= 11 is 0. The highest BCUT2D eigenvalue weighted by Crippen LogP contribution is 2.30. The van der Waals surface area contributed by atoms with Crippen molar-refractivity contribution in [3.8, 4) is 33.8 Å². The number of aromatic nitrogens is 6. The van der Waals surface area contributed by atoms with Gasteiger partial charge in [0.05, 0.1) is 52.8 Å². The molecule has 132 valence electrons. The average Bonchev–Trinajstić information content (AvgIpc) is 2.69. The number of rotatable bonds is 3. The summed E-state index contributed by atoms with van der Waals surface area (Å²) in [5, 5.41) is 0. The second kappa shape index (κ2) is 6.99. The van der Waals surface area contributed by atoms with E-state index in [2.05, 4.69) is 29.9 Å². The molecule has 0 saturated heterocycles. The topological polar surface area (TPSA) is 77.3 Å². The number of hydrogen-bond donors (Lipinski definition) is 0. The fourth-order valence-corrected chi connectivity index (χ4v) is 2.70. The molecule has 0 spiro atoms. The van der Waals surface area contributed by atoms with Crippen molar-refractivity contribution in [2.45, 2.75) is 20.8 Å². The Balaban J connectivity index is 1.89. The molecule has 0 aliphatic rings. The third-order valence-corrected chi connectivity index (χ3v) is 4.16. The molecular formula is C21H18N6. The zero-order valence-corrected chi connectivity index (χ0v) is 15.4. The van der Waals surface area contributed by atoms with E-state index in [1.165, 1.54) is 0 Å². The van der Waals surface area contributed by atoms with Crippen molar-refractivity contribution in [1.29, 1.82) is 0 Å². The van der Waals surface area contributed by atoms with Crippen LogP contribution in [-0.2, 0) is 0 Å². The van der Waals surface area contributed by atoms with Crippen LogP contribution in [-0.4, -0.2) is 29.9 Å². The van der Waals surface area contributed by atoms with Gasteiger partial charge in [0.2, 0.25) is 0 Å². The third-order valence-electron chi connectivity index (χ3n) is 4.16. The molecular weight excluding hydrogens is 336 g/mol. The Morgan fingerprint density at radius 1 is 0.407 bits per heavy atom. The van der Waals surface area contributed by atoms with Gasteiger partial charge in [-0.15, -0.1) is 0 Å². The Labute approximate surface area is 157 Å². The molecule has 0 radical (unpaired) electrons. The summed E-state index contributed by atoms with van der Waals surface area (Å²) in [6.45, 7) is 5.76. The zero-order chi connectivity index (χ0) is 18.8. The maximum Gasteiger partial charge on any atom is 0.0885 e. The monoisotopic (exact) mass is 354 g/mol. The molecule has 1 aromatic carbocycles. The second-order valence-electron chi connectivity index (χ2n) is 6.43. The summed E-state index contributed by atoms with van der Waals surface area (Å²) in [7, 11) is 0. The first-order valence-electron chi connectivity index (χ1n) is 8.60. The van der Waals surface area contributed by atoms with Gasteiger partial charge < -0.3 is 0 Å². The van der Waals surface area contributed by atoms with Crippen LogP contribution in [0.4, 0.5) is 0 Å². The van der Waals surface area contributed by atoms with Crippen LogP contribution in [0.15, 0.2) is 55.4 Å². The van der Waals surface area contributed by atoms with Gasteiger partial charge in [-0.3, -0.25) is 29.9 Å². The largest absolute Gasteiger partial charge is 0.258 e. The van der Waals surface area contributed by atoms with Gasteiger partial charge in [-0.25, -0.2) is 0 Å². The summed E-state index contributed by atoms with van der Waals surface area (Å²) in [5.41, 5.74) is 7.85. The predicted octanol–water partition coefficient (Wildman–Crippen LogP) is 3.98. The van der Waals surface area contributed by atoms with Gasteiger partial charge in [0.1, 0.15) is 0 Å². The molecule has 4 aromatic rings. The minimum absolute atomic E-state index is 0.795. The molecule has 0 atom stereocenters. The molecule has 0 amide bonds. The van der Waals surface area contributed by atoms with Crippen LogP contribution in [0.3, 0.4) is 0 Å². The fourth-order valence-electron chi connectivity index (χ4n) is 2.70. The number of nitrogens with zero attached hydrogens (tertiary/aromatic N) is 6. The average molecular weight is 354 g/mol. The van der Waals surface area contributed by atoms with Gasteiger partial charge in [0, 0.05) is 35.3 Å². The molecule has 6 heteroatoms. The highest BCUT2D eigenvalue weighted by atomic mass is 14.8. The number of hydrogen-bond acceptors (Lipinski definition) is 6. The zero-order valence-electron chi connectivity index (χ0n) is 15.4. The van der Waals surface area contributed by atoms with E-state index < -0.39 is 0 Å². The van der Waals surface area contributed by atoms with Gasteiger partial charge in [-0.1, -0.05) is 0 Å². The Hall–Kier alpha value is -3.54. The molecule has 0 fully saturated rings. The SMILES string of the molecule is Cc1cnc(-c2cc(-c3cnc(C)cn3)cc(-c3cnc(C)cn3)c2)cn1. The highest BCUT2D eigenvalue weighted by Gasteiger charge is 2.10. The minimum Gasteiger partial charge on any atom is -0.258 e. The van der Waals surface area contributed by atoms with Gasteiger partial charge in [-0.2, -0.15) is 0 Å². The van der Waals surface area contributed by atoms with Crippen LogP contribution < -0.4 is 0 Å². The van der Waals surface area contributed by atoms with Crippen LogP contribution in [0.5, 0.6) is 0 Å². The maximum absolute atomic E-state index is 4.51. The van der Waals surface area contributed by atoms with Crippen molar-refractivity contribution in [1.82, 2.24) is 29.9 Å². The minimum atomic E-state index is 0.795.